The van der Waals surface area contributed by atoms with Crippen molar-refractivity contribution in [1.29, 1.82) is 0 Å². The number of hydrogen-bond acceptors (Lipinski definition) is 5. The summed E-state index contributed by atoms with van der Waals surface area (Å²) in [6, 6.07) is 10.8. The monoisotopic (exact) mass is 538 g/mol. The Bertz CT molecular complexity index is 1190. The number of para-hydroxylation sites is 1. The van der Waals surface area contributed by atoms with Gasteiger partial charge in [0.05, 0.1) is 6.42 Å². The molecule has 2 atom stereocenters. The second kappa shape index (κ2) is 13.8. The Kier molecular flexibility index (Phi) is 11.1. The summed E-state index contributed by atoms with van der Waals surface area (Å²) < 4.78 is 5.33. The van der Waals surface area contributed by atoms with Crippen LogP contribution in [0.1, 0.15) is 75.3 Å². The average Bonchev–Trinajstić information content (AvgIpc) is 2.82. The molecule has 2 aromatic rings. The minimum atomic E-state index is -1.31. The largest absolute Gasteiger partial charge is 0.444 e. The van der Waals surface area contributed by atoms with Crippen LogP contribution >= 0.6 is 0 Å². The van der Waals surface area contributed by atoms with Gasteiger partial charge in [0.2, 0.25) is 11.8 Å². The number of amides is 4. The summed E-state index contributed by atoms with van der Waals surface area (Å²) in [6.45, 7) is 13.0. The van der Waals surface area contributed by atoms with Crippen LogP contribution in [0.2, 0.25) is 0 Å². The molecule has 2 unspecified atom stereocenters. The smallest absolute Gasteiger partial charge is 0.408 e. The number of unbranched alkanes of at least 4 members (excludes halogenated alkanes) is 1. The third-order valence-corrected chi connectivity index (χ3v) is 6.12. The van der Waals surface area contributed by atoms with Crippen LogP contribution in [0.15, 0.2) is 42.5 Å². The van der Waals surface area contributed by atoms with Gasteiger partial charge in [-0.2, -0.15) is 0 Å². The summed E-state index contributed by atoms with van der Waals surface area (Å²) in [6.07, 6.45) is 0.0493. The van der Waals surface area contributed by atoms with E-state index in [1.165, 1.54) is 4.90 Å². The fraction of sp³-hybridized carbons (Fsp3) is 0.467. The van der Waals surface area contributed by atoms with Gasteiger partial charge < -0.3 is 26.0 Å². The predicted octanol–water partition coefficient (Wildman–Crippen LogP) is 4.69. The highest BCUT2D eigenvalue weighted by molar-refractivity contribution is 6.00. The molecule has 9 heteroatoms. The number of aryl methyl sites for hydroxylation is 3. The molecule has 9 nitrogen and oxygen atoms in total. The highest BCUT2D eigenvalue weighted by Gasteiger charge is 2.37. The van der Waals surface area contributed by atoms with Crippen molar-refractivity contribution in [2.75, 3.05) is 11.9 Å². The first kappa shape index (κ1) is 31.3. The topological polar surface area (TPSA) is 131 Å². The Morgan fingerprint density at radius 2 is 1.67 bits per heavy atom. The van der Waals surface area contributed by atoms with Crippen LogP contribution < -0.4 is 16.4 Å². The molecule has 2 aromatic carbocycles. The van der Waals surface area contributed by atoms with E-state index in [1.54, 1.807) is 26.8 Å². The summed E-state index contributed by atoms with van der Waals surface area (Å²) in [5, 5.41) is 5.49. The number of anilines is 1. The van der Waals surface area contributed by atoms with Crippen molar-refractivity contribution in [2.45, 2.75) is 85.4 Å². The molecule has 0 saturated carbocycles. The quantitative estimate of drug-likeness (QED) is 0.382. The van der Waals surface area contributed by atoms with Gasteiger partial charge >= 0.3 is 6.09 Å². The molecular formula is C30H42N4O5. The number of nitrogens with two attached hydrogens (primary N) is 1. The van der Waals surface area contributed by atoms with Crippen molar-refractivity contribution in [1.82, 2.24) is 10.2 Å². The van der Waals surface area contributed by atoms with Gasteiger partial charge in [-0.05, 0) is 70.7 Å². The molecule has 2 rings (SSSR count). The van der Waals surface area contributed by atoms with Gasteiger partial charge in [0.1, 0.15) is 17.7 Å². The molecule has 212 valence electrons. The van der Waals surface area contributed by atoms with Gasteiger partial charge in [-0.3, -0.25) is 14.4 Å². The molecule has 0 saturated heterocycles. The average molecular weight is 539 g/mol. The lowest BCUT2D eigenvalue weighted by Gasteiger charge is -2.35. The van der Waals surface area contributed by atoms with E-state index in [-0.39, 0.29) is 6.54 Å². The maximum Gasteiger partial charge on any atom is 0.408 e. The van der Waals surface area contributed by atoms with Crippen molar-refractivity contribution in [3.05, 3.63) is 64.7 Å². The molecule has 0 heterocycles. The number of alkyl carbamates (subject to hydrolysis) is 1. The summed E-state index contributed by atoms with van der Waals surface area (Å²) in [5.74, 6) is -1.77. The van der Waals surface area contributed by atoms with Gasteiger partial charge in [-0.1, -0.05) is 55.3 Å². The van der Waals surface area contributed by atoms with E-state index in [9.17, 15) is 19.2 Å². The molecule has 0 radical (unpaired) electrons. The Morgan fingerprint density at radius 1 is 1.00 bits per heavy atom. The number of nitrogens with zero attached hydrogens (tertiary/aromatic N) is 1. The van der Waals surface area contributed by atoms with Crippen LogP contribution in [0.3, 0.4) is 0 Å². The first-order valence-corrected chi connectivity index (χ1v) is 13.3. The van der Waals surface area contributed by atoms with Crippen LogP contribution in [0, 0.1) is 20.8 Å². The van der Waals surface area contributed by atoms with Crippen molar-refractivity contribution >= 4 is 29.5 Å². The number of ether oxygens (including phenoxy) is 1. The minimum absolute atomic E-state index is 0.222. The van der Waals surface area contributed by atoms with Crippen molar-refractivity contribution in [3.63, 3.8) is 0 Å². The van der Waals surface area contributed by atoms with Crippen molar-refractivity contribution in [2.24, 2.45) is 5.73 Å². The van der Waals surface area contributed by atoms with Crippen molar-refractivity contribution < 1.29 is 23.9 Å². The molecule has 0 aliphatic rings. The number of primary amides is 1. The van der Waals surface area contributed by atoms with Crippen molar-refractivity contribution in [3.8, 4) is 0 Å². The SMILES string of the molecule is CCCCN(C(=O)C(CC(N)=O)NC(=O)OC(C)(C)C)C(C(=O)Nc1ccccc1C)c1cc(C)ccc1C. The molecule has 4 amide bonds. The highest BCUT2D eigenvalue weighted by Crippen LogP contribution is 2.29. The molecule has 0 aromatic heterocycles. The lowest BCUT2D eigenvalue weighted by molar-refractivity contribution is -0.142. The zero-order valence-electron chi connectivity index (χ0n) is 24.1. The summed E-state index contributed by atoms with van der Waals surface area (Å²) >= 11 is 0. The molecule has 39 heavy (non-hydrogen) atoms. The molecule has 0 bridgehead atoms. The fourth-order valence-corrected chi connectivity index (χ4v) is 4.17. The molecule has 0 spiro atoms. The van der Waals surface area contributed by atoms with E-state index in [0.717, 1.165) is 23.1 Å². The molecule has 4 N–H and O–H groups in total. The lowest BCUT2D eigenvalue weighted by Crippen LogP contribution is -2.53. The molecule has 0 aliphatic heterocycles. The third-order valence-electron chi connectivity index (χ3n) is 6.12. The first-order valence-electron chi connectivity index (χ1n) is 13.3. The minimum Gasteiger partial charge on any atom is -0.444 e. The summed E-state index contributed by atoms with van der Waals surface area (Å²) in [7, 11) is 0. The predicted molar refractivity (Wildman–Crippen MR) is 152 cm³/mol. The van der Waals surface area contributed by atoms with Gasteiger partial charge in [-0.25, -0.2) is 4.79 Å². The van der Waals surface area contributed by atoms with E-state index >= 15 is 0 Å². The Morgan fingerprint density at radius 3 is 2.26 bits per heavy atom. The summed E-state index contributed by atoms with van der Waals surface area (Å²) in [5.41, 5.74) is 8.54. The Labute approximate surface area is 231 Å². The van der Waals surface area contributed by atoms with Crippen LogP contribution in [-0.2, 0) is 19.1 Å². The van der Waals surface area contributed by atoms with Crippen LogP contribution in [-0.4, -0.2) is 46.9 Å². The maximum atomic E-state index is 14.1. The maximum absolute atomic E-state index is 14.1. The van der Waals surface area contributed by atoms with E-state index in [1.807, 2.05) is 64.1 Å². The van der Waals surface area contributed by atoms with Crippen LogP contribution in [0.25, 0.3) is 0 Å². The van der Waals surface area contributed by atoms with Gasteiger partial charge in [0.15, 0.2) is 0 Å². The number of carbonyl (C=O) groups excluding carboxylic acids is 4. The van der Waals surface area contributed by atoms with Gasteiger partial charge in [-0.15, -0.1) is 0 Å². The van der Waals surface area contributed by atoms with E-state index < -0.39 is 47.9 Å². The molecule has 0 fully saturated rings. The number of hydrogen-bond donors (Lipinski definition) is 3. The lowest BCUT2D eigenvalue weighted by atomic mass is 9.95. The summed E-state index contributed by atoms with van der Waals surface area (Å²) in [4.78, 5) is 54.1. The van der Waals surface area contributed by atoms with Crippen LogP contribution in [0.5, 0.6) is 0 Å². The Balaban J connectivity index is 2.60. The fourth-order valence-electron chi connectivity index (χ4n) is 4.17. The molecule has 0 aliphatic carbocycles. The Hall–Kier alpha value is -3.88. The zero-order valence-corrected chi connectivity index (χ0v) is 24.1. The standard InChI is InChI=1S/C30H42N4O5/c1-8-9-16-34(28(37)24(18-25(31)35)33-29(38)39-30(5,6)7)26(22-17-19(2)14-15-20(22)3)27(36)32-23-13-11-10-12-21(23)4/h10-15,17,24,26H,8-9,16,18H2,1-7H3,(H2,31,35)(H,32,36)(H,33,38). The number of rotatable bonds is 11. The number of nitrogens with one attached hydrogen (secondary N) is 2. The molecular weight excluding hydrogens is 496 g/mol. The second-order valence-corrected chi connectivity index (χ2v) is 10.8. The highest BCUT2D eigenvalue weighted by atomic mass is 16.6. The zero-order chi connectivity index (χ0) is 29.3. The van der Waals surface area contributed by atoms with E-state index in [0.29, 0.717) is 17.7 Å². The van der Waals surface area contributed by atoms with Gasteiger partial charge in [0, 0.05) is 12.2 Å². The number of benzene rings is 2. The third kappa shape index (κ3) is 9.42. The van der Waals surface area contributed by atoms with Crippen LogP contribution in [0.4, 0.5) is 10.5 Å². The van der Waals surface area contributed by atoms with Gasteiger partial charge in [0.25, 0.3) is 5.91 Å². The van der Waals surface area contributed by atoms with E-state index in [2.05, 4.69) is 10.6 Å². The normalized spacial score (nSPS) is 12.7. The second-order valence-electron chi connectivity index (χ2n) is 10.8. The van der Waals surface area contributed by atoms with E-state index in [4.69, 9.17) is 10.5 Å². The number of carbonyl (C=O) groups is 4. The first-order chi connectivity index (χ1) is 18.2.